The van der Waals surface area contributed by atoms with E-state index < -0.39 is 0 Å². The van der Waals surface area contributed by atoms with E-state index in [2.05, 4.69) is 24.0 Å². The molecule has 1 saturated carbocycles. The van der Waals surface area contributed by atoms with E-state index in [0.717, 1.165) is 45.2 Å². The molecule has 2 aromatic carbocycles. The van der Waals surface area contributed by atoms with E-state index in [0.29, 0.717) is 12.5 Å². The first kappa shape index (κ1) is 24.3. The standard InChI is InChI=1S/C30H37NO3S/c1-21-14-16-31(17-15-21)18-19-34-24-10-8-22(9-11-24)29(32)28-26-13-12-25(33-2)20-27(26)35-30(28)23-6-4-3-5-7-23/h8-13,20-21,23H,3-7,14-19H2,1-2H3. The van der Waals surface area contributed by atoms with Gasteiger partial charge in [0.15, 0.2) is 5.78 Å². The minimum absolute atomic E-state index is 0.121. The number of ketones is 1. The lowest BCUT2D eigenvalue weighted by molar-refractivity contribution is 0.103. The minimum atomic E-state index is 0.121. The average molecular weight is 492 g/mol. The van der Waals surface area contributed by atoms with E-state index >= 15 is 0 Å². The smallest absolute Gasteiger partial charge is 0.194 e. The first-order valence-electron chi connectivity index (χ1n) is 13.2. The molecule has 35 heavy (non-hydrogen) atoms. The molecule has 0 bridgehead atoms. The summed E-state index contributed by atoms with van der Waals surface area (Å²) in [4.78, 5) is 17.6. The first-order valence-corrected chi connectivity index (χ1v) is 14.0. The van der Waals surface area contributed by atoms with Crippen molar-refractivity contribution in [3.63, 3.8) is 0 Å². The van der Waals surface area contributed by atoms with E-state index in [1.807, 2.05) is 30.3 Å². The SMILES string of the molecule is COc1ccc2c(C(=O)c3ccc(OCCN4CCC(C)CC4)cc3)c(C3CCCCC3)sc2c1. The van der Waals surface area contributed by atoms with Crippen molar-refractivity contribution >= 4 is 27.2 Å². The normalized spacial score (nSPS) is 18.1. The maximum absolute atomic E-state index is 13.8. The molecule has 2 aliphatic rings. The van der Waals surface area contributed by atoms with Crippen molar-refractivity contribution in [2.75, 3.05) is 33.4 Å². The highest BCUT2D eigenvalue weighted by molar-refractivity contribution is 7.19. The third-order valence-corrected chi connectivity index (χ3v) is 9.11. The van der Waals surface area contributed by atoms with Crippen LogP contribution in [0, 0.1) is 5.92 Å². The van der Waals surface area contributed by atoms with Crippen LogP contribution in [0.2, 0.25) is 0 Å². The van der Waals surface area contributed by atoms with Crippen molar-refractivity contribution in [1.82, 2.24) is 4.90 Å². The van der Waals surface area contributed by atoms with Gasteiger partial charge >= 0.3 is 0 Å². The van der Waals surface area contributed by atoms with Crippen LogP contribution >= 0.6 is 11.3 Å². The molecule has 0 amide bonds. The zero-order valence-corrected chi connectivity index (χ0v) is 21.9. The van der Waals surface area contributed by atoms with Crippen molar-refractivity contribution in [2.45, 2.75) is 57.8 Å². The summed E-state index contributed by atoms with van der Waals surface area (Å²) in [7, 11) is 1.69. The van der Waals surface area contributed by atoms with Crippen LogP contribution in [0.3, 0.4) is 0 Å². The maximum atomic E-state index is 13.8. The number of methoxy groups -OCH3 is 1. The number of fused-ring (bicyclic) bond motifs is 1. The average Bonchev–Trinajstić information content (AvgIpc) is 3.29. The van der Waals surface area contributed by atoms with Gasteiger partial charge in [0, 0.05) is 32.6 Å². The zero-order chi connectivity index (χ0) is 24.2. The number of ether oxygens (including phenoxy) is 2. The van der Waals surface area contributed by atoms with Crippen molar-refractivity contribution in [3.8, 4) is 11.5 Å². The fourth-order valence-corrected chi connectivity index (χ4v) is 6.93. The Morgan fingerprint density at radius 3 is 2.40 bits per heavy atom. The van der Waals surface area contributed by atoms with E-state index in [1.54, 1.807) is 18.4 Å². The van der Waals surface area contributed by atoms with Crippen LogP contribution in [-0.4, -0.2) is 44.0 Å². The molecule has 1 saturated heterocycles. The fraction of sp³-hybridized carbons (Fsp3) is 0.500. The van der Waals surface area contributed by atoms with Gasteiger partial charge in [0.2, 0.25) is 0 Å². The van der Waals surface area contributed by atoms with Crippen LogP contribution < -0.4 is 9.47 Å². The van der Waals surface area contributed by atoms with Crippen molar-refractivity contribution < 1.29 is 14.3 Å². The predicted octanol–water partition coefficient (Wildman–Crippen LogP) is 7.30. The van der Waals surface area contributed by atoms with Gasteiger partial charge in [-0.05, 0) is 93.1 Å². The highest BCUT2D eigenvalue weighted by Crippen LogP contribution is 2.44. The van der Waals surface area contributed by atoms with Crippen LogP contribution in [0.4, 0.5) is 0 Å². The topological polar surface area (TPSA) is 38.8 Å². The molecule has 1 aliphatic heterocycles. The maximum Gasteiger partial charge on any atom is 0.194 e. The Balaban J connectivity index is 1.32. The van der Waals surface area contributed by atoms with Crippen molar-refractivity contribution in [3.05, 3.63) is 58.5 Å². The fourth-order valence-electron chi connectivity index (χ4n) is 5.53. The highest BCUT2D eigenvalue weighted by Gasteiger charge is 2.27. The predicted molar refractivity (Wildman–Crippen MR) is 144 cm³/mol. The van der Waals surface area contributed by atoms with E-state index in [4.69, 9.17) is 9.47 Å². The van der Waals surface area contributed by atoms with Gasteiger partial charge in [-0.1, -0.05) is 26.2 Å². The molecule has 5 heteroatoms. The second-order valence-electron chi connectivity index (χ2n) is 10.3. The molecule has 0 atom stereocenters. The Kier molecular flexibility index (Phi) is 7.74. The Morgan fingerprint density at radius 1 is 0.971 bits per heavy atom. The molecule has 5 rings (SSSR count). The van der Waals surface area contributed by atoms with Gasteiger partial charge in [0.1, 0.15) is 18.1 Å². The summed E-state index contributed by atoms with van der Waals surface area (Å²) in [6, 6.07) is 13.9. The zero-order valence-electron chi connectivity index (χ0n) is 21.1. The molecule has 0 spiro atoms. The van der Waals surface area contributed by atoms with Crippen LogP contribution in [0.5, 0.6) is 11.5 Å². The molecule has 0 unspecified atom stereocenters. The monoisotopic (exact) mass is 491 g/mol. The van der Waals surface area contributed by atoms with Crippen LogP contribution in [-0.2, 0) is 0 Å². The number of carbonyl (C=O) groups is 1. The van der Waals surface area contributed by atoms with Gasteiger partial charge in [-0.3, -0.25) is 9.69 Å². The Hall–Kier alpha value is -2.37. The quantitative estimate of drug-likeness (QED) is 0.310. The minimum Gasteiger partial charge on any atom is -0.497 e. The van der Waals surface area contributed by atoms with Crippen molar-refractivity contribution in [2.24, 2.45) is 5.92 Å². The summed E-state index contributed by atoms with van der Waals surface area (Å²) < 4.78 is 12.6. The second kappa shape index (κ2) is 11.1. The summed E-state index contributed by atoms with van der Waals surface area (Å²) in [5.41, 5.74) is 1.63. The summed E-state index contributed by atoms with van der Waals surface area (Å²) in [5, 5.41) is 1.05. The molecule has 0 N–H and O–H groups in total. The molecule has 0 radical (unpaired) electrons. The molecule has 2 heterocycles. The lowest BCUT2D eigenvalue weighted by atomic mass is 9.85. The number of carbonyl (C=O) groups excluding carboxylic acids is 1. The summed E-state index contributed by atoms with van der Waals surface area (Å²) in [6.07, 6.45) is 8.71. The second-order valence-corrected chi connectivity index (χ2v) is 11.3. The lowest BCUT2D eigenvalue weighted by Gasteiger charge is -2.29. The Bertz CT molecular complexity index is 1140. The van der Waals surface area contributed by atoms with Gasteiger partial charge in [0.05, 0.1) is 7.11 Å². The number of rotatable bonds is 8. The number of hydrogen-bond donors (Lipinski definition) is 0. The number of likely N-dealkylation sites (tertiary alicyclic amines) is 1. The van der Waals surface area contributed by atoms with Gasteiger partial charge < -0.3 is 9.47 Å². The van der Waals surface area contributed by atoms with Crippen molar-refractivity contribution in [1.29, 1.82) is 0 Å². The number of nitrogens with zero attached hydrogens (tertiary/aromatic N) is 1. The van der Waals surface area contributed by atoms with Gasteiger partial charge in [-0.15, -0.1) is 11.3 Å². The van der Waals surface area contributed by atoms with Gasteiger partial charge in [0.25, 0.3) is 0 Å². The molecule has 1 aliphatic carbocycles. The first-order chi connectivity index (χ1) is 17.1. The molecular weight excluding hydrogens is 454 g/mol. The van der Waals surface area contributed by atoms with Gasteiger partial charge in [-0.2, -0.15) is 0 Å². The summed E-state index contributed by atoms with van der Waals surface area (Å²) >= 11 is 1.78. The molecule has 4 nitrogen and oxygen atoms in total. The number of piperidine rings is 1. The number of thiophene rings is 1. The molecule has 3 aromatic rings. The van der Waals surface area contributed by atoms with E-state index in [9.17, 15) is 4.79 Å². The molecule has 1 aromatic heterocycles. The summed E-state index contributed by atoms with van der Waals surface area (Å²) in [5.74, 6) is 3.12. The number of hydrogen-bond acceptors (Lipinski definition) is 5. The summed E-state index contributed by atoms with van der Waals surface area (Å²) in [6.45, 7) is 6.32. The third-order valence-electron chi connectivity index (χ3n) is 7.80. The van der Waals surface area contributed by atoms with Crippen LogP contribution in [0.1, 0.15) is 78.6 Å². The molecule has 2 fully saturated rings. The molecular formula is C30H37NO3S. The largest absolute Gasteiger partial charge is 0.497 e. The number of benzene rings is 2. The van der Waals surface area contributed by atoms with E-state index in [1.165, 1.54) is 62.9 Å². The van der Waals surface area contributed by atoms with Crippen LogP contribution in [0.25, 0.3) is 10.1 Å². The lowest BCUT2D eigenvalue weighted by Crippen LogP contribution is -2.35. The molecule has 186 valence electrons. The Labute approximate surface area is 213 Å². The van der Waals surface area contributed by atoms with Gasteiger partial charge in [-0.25, -0.2) is 0 Å². The third kappa shape index (κ3) is 5.57. The van der Waals surface area contributed by atoms with Crippen LogP contribution in [0.15, 0.2) is 42.5 Å². The van der Waals surface area contributed by atoms with E-state index in [-0.39, 0.29) is 5.78 Å². The highest BCUT2D eigenvalue weighted by atomic mass is 32.1. The Morgan fingerprint density at radius 2 is 1.69 bits per heavy atom.